The van der Waals surface area contributed by atoms with Crippen LogP contribution in [-0.4, -0.2) is 16.5 Å². The molecule has 0 aliphatic carbocycles. The molecule has 2 N–H and O–H groups in total. The van der Waals surface area contributed by atoms with Crippen molar-refractivity contribution in [2.24, 2.45) is 0 Å². The molecule has 25 heavy (non-hydrogen) atoms. The second-order valence-corrected chi connectivity index (χ2v) is 6.19. The number of anilines is 1. The lowest BCUT2D eigenvalue weighted by Crippen LogP contribution is -2.08. The molecule has 0 aliphatic rings. The molecule has 3 rings (SSSR count). The third-order valence-electron chi connectivity index (χ3n) is 4.57. The van der Waals surface area contributed by atoms with Crippen LogP contribution in [0, 0.1) is 25.2 Å². The lowest BCUT2D eigenvalue weighted by Gasteiger charge is -2.21. The van der Waals surface area contributed by atoms with Crippen molar-refractivity contribution >= 4 is 5.69 Å². The van der Waals surface area contributed by atoms with E-state index in [2.05, 4.69) is 71.6 Å². The van der Waals surface area contributed by atoms with Gasteiger partial charge >= 0.3 is 0 Å². The average Bonchev–Trinajstić information content (AvgIpc) is 3.14. The number of rotatable bonds is 6. The van der Waals surface area contributed by atoms with Crippen molar-refractivity contribution in [3.63, 3.8) is 0 Å². The van der Waals surface area contributed by atoms with Gasteiger partial charge in [0.2, 0.25) is 0 Å². The van der Waals surface area contributed by atoms with Crippen molar-refractivity contribution in [2.45, 2.75) is 26.2 Å². The minimum absolute atomic E-state index is 0.0973. The lowest BCUT2D eigenvalue weighted by atomic mass is 9.85. The van der Waals surface area contributed by atoms with E-state index in [0.717, 1.165) is 11.4 Å². The quantitative estimate of drug-likeness (QED) is 0.653. The molecule has 126 valence electrons. The number of nitrogens with one attached hydrogen (secondary N) is 2. The molecule has 0 saturated carbocycles. The number of hydrogen-bond donors (Lipinski definition) is 2. The predicted molar refractivity (Wildman–Crippen MR) is 101 cm³/mol. The largest absolute Gasteiger partial charge is 0.384 e. The molecule has 4 nitrogen and oxygen atoms in total. The van der Waals surface area contributed by atoms with E-state index >= 15 is 0 Å². The highest BCUT2D eigenvalue weighted by Crippen LogP contribution is 2.34. The van der Waals surface area contributed by atoms with Gasteiger partial charge in [-0.2, -0.15) is 5.26 Å². The number of aromatic nitrogens is 2. The SMILES string of the molecule is Cc1cccc(C(c2cccc(NCCC#N)c2)c2cnc[nH]2)c1C. The van der Waals surface area contributed by atoms with E-state index in [1.54, 1.807) is 6.33 Å². The maximum atomic E-state index is 8.72. The van der Waals surface area contributed by atoms with Gasteiger partial charge in [-0.15, -0.1) is 0 Å². The predicted octanol–water partition coefficient (Wildman–Crippen LogP) is 4.53. The van der Waals surface area contributed by atoms with Crippen molar-refractivity contribution in [3.05, 3.63) is 82.9 Å². The van der Waals surface area contributed by atoms with Crippen molar-refractivity contribution in [1.29, 1.82) is 5.26 Å². The summed E-state index contributed by atoms with van der Waals surface area (Å²) in [4.78, 5) is 7.50. The molecule has 1 heterocycles. The van der Waals surface area contributed by atoms with Gasteiger partial charge in [-0.3, -0.25) is 0 Å². The van der Waals surface area contributed by atoms with Crippen LogP contribution in [0.5, 0.6) is 0 Å². The number of aromatic amines is 1. The molecule has 0 amide bonds. The van der Waals surface area contributed by atoms with Gasteiger partial charge in [-0.25, -0.2) is 4.98 Å². The molecule has 0 spiro atoms. The molecular formula is C21H22N4. The first kappa shape index (κ1) is 16.8. The van der Waals surface area contributed by atoms with Crippen LogP contribution >= 0.6 is 0 Å². The van der Waals surface area contributed by atoms with Crippen LogP contribution in [-0.2, 0) is 0 Å². The monoisotopic (exact) mass is 330 g/mol. The standard InChI is InChI=1S/C21H22N4/c1-15-6-3-9-19(16(15)2)21(20-13-23-14-25-20)17-7-4-8-18(12-17)24-11-5-10-22/h3-4,6-9,12-14,21,24H,5,11H2,1-2H3,(H,23,25). The van der Waals surface area contributed by atoms with Crippen molar-refractivity contribution in [3.8, 4) is 6.07 Å². The lowest BCUT2D eigenvalue weighted by molar-refractivity contribution is 0.917. The van der Waals surface area contributed by atoms with Gasteiger partial charge in [-0.05, 0) is 48.2 Å². The molecule has 0 radical (unpaired) electrons. The summed E-state index contributed by atoms with van der Waals surface area (Å²) in [7, 11) is 0. The second-order valence-electron chi connectivity index (χ2n) is 6.19. The van der Waals surface area contributed by atoms with Gasteiger partial charge in [0.25, 0.3) is 0 Å². The van der Waals surface area contributed by atoms with E-state index in [-0.39, 0.29) is 5.92 Å². The first-order chi connectivity index (χ1) is 12.2. The number of benzene rings is 2. The zero-order valence-corrected chi connectivity index (χ0v) is 14.6. The normalized spacial score (nSPS) is 11.7. The van der Waals surface area contributed by atoms with Crippen LogP contribution in [0.4, 0.5) is 5.69 Å². The molecule has 0 fully saturated rings. The van der Waals surface area contributed by atoms with Crippen LogP contribution in [0.2, 0.25) is 0 Å². The van der Waals surface area contributed by atoms with Gasteiger partial charge in [-0.1, -0.05) is 30.3 Å². The molecule has 2 aromatic carbocycles. The Morgan fingerprint density at radius 2 is 2.04 bits per heavy atom. The number of imidazole rings is 1. The minimum atomic E-state index is 0.0973. The molecule has 3 aromatic rings. The Morgan fingerprint density at radius 3 is 2.80 bits per heavy atom. The highest BCUT2D eigenvalue weighted by molar-refractivity contribution is 5.52. The van der Waals surface area contributed by atoms with Crippen molar-refractivity contribution < 1.29 is 0 Å². The Labute approximate surface area is 148 Å². The average molecular weight is 330 g/mol. The van der Waals surface area contributed by atoms with Gasteiger partial charge in [0.05, 0.1) is 24.7 Å². The van der Waals surface area contributed by atoms with E-state index in [1.807, 2.05) is 12.3 Å². The summed E-state index contributed by atoms with van der Waals surface area (Å²) in [6.45, 7) is 4.96. The first-order valence-corrected chi connectivity index (χ1v) is 8.46. The Balaban J connectivity index is 2.03. The Morgan fingerprint density at radius 1 is 1.20 bits per heavy atom. The zero-order chi connectivity index (χ0) is 17.6. The third-order valence-corrected chi connectivity index (χ3v) is 4.57. The molecule has 0 bridgehead atoms. The van der Waals surface area contributed by atoms with Gasteiger partial charge < -0.3 is 10.3 Å². The molecule has 4 heteroatoms. The summed E-state index contributed by atoms with van der Waals surface area (Å²) in [6.07, 6.45) is 4.11. The van der Waals surface area contributed by atoms with Gasteiger partial charge in [0, 0.05) is 24.1 Å². The van der Waals surface area contributed by atoms with Crippen LogP contribution < -0.4 is 5.32 Å². The number of nitrogens with zero attached hydrogens (tertiary/aromatic N) is 2. The molecule has 1 unspecified atom stereocenters. The second kappa shape index (κ2) is 7.67. The van der Waals surface area contributed by atoms with E-state index in [1.165, 1.54) is 22.3 Å². The molecule has 1 atom stereocenters. The molecule has 0 saturated heterocycles. The van der Waals surface area contributed by atoms with Crippen molar-refractivity contribution in [2.75, 3.05) is 11.9 Å². The highest BCUT2D eigenvalue weighted by Gasteiger charge is 2.20. The Hall–Kier alpha value is -3.06. The summed E-state index contributed by atoms with van der Waals surface area (Å²) in [6, 6.07) is 17.0. The van der Waals surface area contributed by atoms with Gasteiger partial charge in [0.1, 0.15) is 0 Å². The maximum absolute atomic E-state index is 8.72. The summed E-state index contributed by atoms with van der Waals surface area (Å²) >= 11 is 0. The molecular weight excluding hydrogens is 308 g/mol. The maximum Gasteiger partial charge on any atom is 0.0922 e. The topological polar surface area (TPSA) is 64.5 Å². The Bertz CT molecular complexity index is 875. The first-order valence-electron chi connectivity index (χ1n) is 8.46. The summed E-state index contributed by atoms with van der Waals surface area (Å²) < 4.78 is 0. The van der Waals surface area contributed by atoms with Crippen molar-refractivity contribution in [1.82, 2.24) is 9.97 Å². The van der Waals surface area contributed by atoms with E-state index in [0.29, 0.717) is 13.0 Å². The van der Waals surface area contributed by atoms with Crippen LogP contribution in [0.3, 0.4) is 0 Å². The summed E-state index contributed by atoms with van der Waals surface area (Å²) in [5.41, 5.74) is 7.15. The van der Waals surface area contributed by atoms with Crippen LogP contribution in [0.15, 0.2) is 55.0 Å². The summed E-state index contributed by atoms with van der Waals surface area (Å²) in [5, 5.41) is 12.0. The fourth-order valence-electron chi connectivity index (χ4n) is 3.13. The van der Waals surface area contributed by atoms with Gasteiger partial charge in [0.15, 0.2) is 0 Å². The fourth-order valence-corrected chi connectivity index (χ4v) is 3.13. The number of hydrogen-bond acceptors (Lipinski definition) is 3. The van der Waals surface area contributed by atoms with Crippen LogP contribution in [0.25, 0.3) is 0 Å². The molecule has 1 aromatic heterocycles. The minimum Gasteiger partial charge on any atom is -0.384 e. The third kappa shape index (κ3) is 3.72. The number of H-pyrrole nitrogens is 1. The zero-order valence-electron chi connectivity index (χ0n) is 14.6. The number of nitriles is 1. The fraction of sp³-hybridized carbons (Fsp3) is 0.238. The summed E-state index contributed by atoms with van der Waals surface area (Å²) in [5.74, 6) is 0.0973. The highest BCUT2D eigenvalue weighted by atomic mass is 14.9. The Kier molecular flexibility index (Phi) is 5.15. The van der Waals surface area contributed by atoms with E-state index in [9.17, 15) is 0 Å². The molecule has 0 aliphatic heterocycles. The smallest absolute Gasteiger partial charge is 0.0922 e. The number of aryl methyl sites for hydroxylation is 1. The van der Waals surface area contributed by atoms with E-state index in [4.69, 9.17) is 5.26 Å². The van der Waals surface area contributed by atoms with E-state index < -0.39 is 0 Å². The van der Waals surface area contributed by atoms with Crippen LogP contribution in [0.1, 0.15) is 40.3 Å².